The fourth-order valence-electron chi connectivity index (χ4n) is 3.59. The van der Waals surface area contributed by atoms with Gasteiger partial charge in [-0.15, -0.1) is 0 Å². The largest absolute Gasteiger partial charge is 0.496 e. The number of hydrogen-bond acceptors (Lipinski definition) is 3. The molecule has 24 heavy (non-hydrogen) atoms. The van der Waals surface area contributed by atoms with E-state index in [-0.39, 0.29) is 0 Å². The van der Waals surface area contributed by atoms with Crippen molar-refractivity contribution in [2.45, 2.75) is 32.2 Å². The molecule has 0 radical (unpaired) electrons. The molecule has 0 atom stereocenters. The lowest BCUT2D eigenvalue weighted by Crippen LogP contribution is -2.44. The van der Waals surface area contributed by atoms with Crippen LogP contribution in [0.2, 0.25) is 0 Å². The number of likely N-dealkylation sites (tertiary alicyclic amines) is 1. The molecule has 0 amide bonds. The highest BCUT2D eigenvalue weighted by atomic mass is 16.5. The van der Waals surface area contributed by atoms with Crippen LogP contribution < -0.4 is 9.47 Å². The molecule has 128 valence electrons. The molecular weight excluding hydrogens is 298 g/mol. The molecule has 0 aliphatic carbocycles. The van der Waals surface area contributed by atoms with Crippen LogP contribution in [-0.4, -0.2) is 32.2 Å². The maximum atomic E-state index is 5.75. The van der Waals surface area contributed by atoms with Gasteiger partial charge in [-0.05, 0) is 17.5 Å². The second kappa shape index (κ2) is 7.27. The Kier molecular flexibility index (Phi) is 5.10. The van der Waals surface area contributed by atoms with Gasteiger partial charge in [0.1, 0.15) is 11.5 Å². The van der Waals surface area contributed by atoms with E-state index in [0.717, 1.165) is 36.7 Å². The lowest BCUT2D eigenvalue weighted by atomic mass is 9.90. The molecule has 1 heterocycles. The molecule has 1 aliphatic heterocycles. The van der Waals surface area contributed by atoms with E-state index in [2.05, 4.69) is 61.2 Å². The van der Waals surface area contributed by atoms with Crippen molar-refractivity contribution in [2.24, 2.45) is 0 Å². The van der Waals surface area contributed by atoms with Crippen LogP contribution in [0.3, 0.4) is 0 Å². The van der Waals surface area contributed by atoms with E-state index in [1.165, 1.54) is 11.1 Å². The van der Waals surface area contributed by atoms with Crippen molar-refractivity contribution >= 4 is 0 Å². The molecule has 0 unspecified atom stereocenters. The number of rotatable bonds is 6. The summed E-state index contributed by atoms with van der Waals surface area (Å²) in [7, 11) is 3.48. The first-order valence-corrected chi connectivity index (χ1v) is 8.65. The van der Waals surface area contributed by atoms with E-state index in [4.69, 9.17) is 9.47 Å². The quantitative estimate of drug-likeness (QED) is 0.784. The van der Waals surface area contributed by atoms with E-state index in [1.54, 1.807) is 14.2 Å². The topological polar surface area (TPSA) is 21.7 Å². The first-order chi connectivity index (χ1) is 11.6. The van der Waals surface area contributed by atoms with E-state index in [0.29, 0.717) is 11.8 Å². The third-order valence-electron chi connectivity index (χ3n) is 4.86. The van der Waals surface area contributed by atoms with Crippen molar-refractivity contribution in [3.8, 4) is 11.5 Å². The number of hydrogen-bond donors (Lipinski definition) is 0. The minimum Gasteiger partial charge on any atom is -0.496 e. The van der Waals surface area contributed by atoms with Crippen molar-refractivity contribution in [3.63, 3.8) is 0 Å². The minimum atomic E-state index is 0.364. The average Bonchev–Trinajstić information content (AvgIpc) is 2.57. The van der Waals surface area contributed by atoms with Crippen molar-refractivity contribution in [1.29, 1.82) is 0 Å². The Balaban J connectivity index is 1.73. The minimum absolute atomic E-state index is 0.364. The van der Waals surface area contributed by atoms with Crippen LogP contribution >= 0.6 is 0 Å². The Bertz CT molecular complexity index is 676. The first kappa shape index (κ1) is 16.8. The predicted molar refractivity (Wildman–Crippen MR) is 98.1 cm³/mol. The number of benzene rings is 2. The van der Waals surface area contributed by atoms with Crippen molar-refractivity contribution in [3.05, 3.63) is 59.2 Å². The molecule has 0 spiro atoms. The van der Waals surface area contributed by atoms with Gasteiger partial charge in [-0.25, -0.2) is 0 Å². The fraction of sp³-hybridized carbons (Fsp3) is 0.429. The molecule has 0 saturated carbocycles. The van der Waals surface area contributed by atoms with Crippen LogP contribution in [0.5, 0.6) is 11.5 Å². The summed E-state index contributed by atoms with van der Waals surface area (Å²) in [5.41, 5.74) is 3.85. The maximum Gasteiger partial charge on any atom is 0.130 e. The Hall–Kier alpha value is -2.00. The van der Waals surface area contributed by atoms with Gasteiger partial charge in [-0.2, -0.15) is 0 Å². The summed E-state index contributed by atoms with van der Waals surface area (Å²) in [6.07, 6.45) is 0. The Morgan fingerprint density at radius 1 is 1.00 bits per heavy atom. The zero-order valence-corrected chi connectivity index (χ0v) is 15.1. The molecule has 0 bridgehead atoms. The molecule has 1 saturated heterocycles. The summed E-state index contributed by atoms with van der Waals surface area (Å²) >= 11 is 0. The molecule has 1 aliphatic rings. The molecule has 3 heteroatoms. The summed E-state index contributed by atoms with van der Waals surface area (Å²) in [6, 6.07) is 15.0. The smallest absolute Gasteiger partial charge is 0.130 e. The van der Waals surface area contributed by atoms with Crippen LogP contribution in [0.1, 0.15) is 42.4 Å². The van der Waals surface area contributed by atoms with Gasteiger partial charge < -0.3 is 9.47 Å². The van der Waals surface area contributed by atoms with Crippen LogP contribution in [0.25, 0.3) is 0 Å². The highest BCUT2D eigenvalue weighted by Crippen LogP contribution is 2.39. The first-order valence-electron chi connectivity index (χ1n) is 8.65. The van der Waals surface area contributed by atoms with E-state index >= 15 is 0 Å². The average molecular weight is 325 g/mol. The van der Waals surface area contributed by atoms with E-state index in [1.807, 2.05) is 0 Å². The van der Waals surface area contributed by atoms with Crippen molar-refractivity contribution < 1.29 is 9.47 Å². The monoisotopic (exact) mass is 325 g/mol. The SMILES string of the molecule is COc1ccc(CN2CC(c3ccccc3)C2)c(OC)c1C(C)C. The molecule has 2 aromatic carbocycles. The van der Waals surface area contributed by atoms with Gasteiger partial charge in [0.05, 0.1) is 14.2 Å². The Morgan fingerprint density at radius 2 is 1.71 bits per heavy atom. The van der Waals surface area contributed by atoms with Crippen LogP contribution in [0.15, 0.2) is 42.5 Å². The lowest BCUT2D eigenvalue weighted by molar-refractivity contribution is 0.138. The summed E-state index contributed by atoms with van der Waals surface area (Å²) in [4.78, 5) is 2.48. The molecule has 2 aromatic rings. The summed E-state index contributed by atoms with van der Waals surface area (Å²) in [5.74, 6) is 2.91. The highest BCUT2D eigenvalue weighted by molar-refractivity contribution is 5.52. The standard InChI is InChI=1S/C21H27NO2/c1-15(2)20-19(23-3)11-10-17(21(20)24-4)12-22-13-18(14-22)16-8-6-5-7-9-16/h5-11,15,18H,12-14H2,1-4H3. The van der Waals surface area contributed by atoms with Gasteiger partial charge in [0.15, 0.2) is 0 Å². The summed E-state index contributed by atoms with van der Waals surface area (Å²) in [5, 5.41) is 0. The third-order valence-corrected chi connectivity index (χ3v) is 4.86. The zero-order valence-electron chi connectivity index (χ0n) is 15.1. The lowest BCUT2D eigenvalue weighted by Gasteiger charge is -2.40. The predicted octanol–water partition coefficient (Wildman–Crippen LogP) is 4.43. The third kappa shape index (κ3) is 3.27. The normalized spacial score (nSPS) is 15.4. The van der Waals surface area contributed by atoms with E-state index in [9.17, 15) is 0 Å². The Morgan fingerprint density at radius 3 is 2.29 bits per heavy atom. The van der Waals surface area contributed by atoms with Gasteiger partial charge in [-0.1, -0.05) is 50.2 Å². The van der Waals surface area contributed by atoms with Crippen LogP contribution in [0.4, 0.5) is 0 Å². The number of ether oxygens (including phenoxy) is 2. The van der Waals surface area contributed by atoms with Crippen molar-refractivity contribution in [1.82, 2.24) is 4.90 Å². The fourth-order valence-corrected chi connectivity index (χ4v) is 3.59. The van der Waals surface area contributed by atoms with Gasteiger partial charge in [-0.3, -0.25) is 4.90 Å². The second-order valence-corrected chi connectivity index (χ2v) is 6.83. The number of methoxy groups -OCH3 is 2. The number of nitrogens with zero attached hydrogens (tertiary/aromatic N) is 1. The van der Waals surface area contributed by atoms with Crippen LogP contribution in [-0.2, 0) is 6.54 Å². The molecular formula is C21H27NO2. The van der Waals surface area contributed by atoms with Crippen LogP contribution in [0, 0.1) is 0 Å². The van der Waals surface area contributed by atoms with Gasteiger partial charge >= 0.3 is 0 Å². The van der Waals surface area contributed by atoms with E-state index < -0.39 is 0 Å². The van der Waals surface area contributed by atoms with Gasteiger partial charge in [0.2, 0.25) is 0 Å². The van der Waals surface area contributed by atoms with Gasteiger partial charge in [0, 0.05) is 36.7 Å². The summed E-state index contributed by atoms with van der Waals surface area (Å²) < 4.78 is 11.3. The van der Waals surface area contributed by atoms with Crippen molar-refractivity contribution in [2.75, 3.05) is 27.3 Å². The zero-order chi connectivity index (χ0) is 17.1. The molecule has 3 nitrogen and oxygen atoms in total. The van der Waals surface area contributed by atoms with Gasteiger partial charge in [0.25, 0.3) is 0 Å². The molecule has 1 fully saturated rings. The molecule has 3 rings (SSSR count). The highest BCUT2D eigenvalue weighted by Gasteiger charge is 2.29. The molecule has 0 aromatic heterocycles. The second-order valence-electron chi connectivity index (χ2n) is 6.83. The Labute approximate surface area is 145 Å². The molecule has 0 N–H and O–H groups in total. The maximum absolute atomic E-state index is 5.75. The summed E-state index contributed by atoms with van der Waals surface area (Å²) in [6.45, 7) is 7.50.